The third-order valence-corrected chi connectivity index (χ3v) is 5.94. The fraction of sp³-hybridized carbons (Fsp3) is 0.591. The van der Waals surface area contributed by atoms with E-state index in [9.17, 15) is 0 Å². The zero-order chi connectivity index (χ0) is 20.4. The number of para-hydroxylation sites is 1. The lowest BCUT2D eigenvalue weighted by Crippen LogP contribution is -2.47. The molecule has 1 atom stereocenters. The van der Waals surface area contributed by atoms with E-state index < -0.39 is 0 Å². The second-order valence-electron chi connectivity index (χ2n) is 8.81. The van der Waals surface area contributed by atoms with Gasteiger partial charge in [-0.2, -0.15) is 0 Å². The van der Waals surface area contributed by atoms with Gasteiger partial charge < -0.3 is 19.9 Å². The fourth-order valence-corrected chi connectivity index (χ4v) is 4.23. The number of guanidine groups is 1. The largest absolute Gasteiger partial charge is 0.487 e. The smallest absolute Gasteiger partial charge is 0.192 e. The molecule has 8 heteroatoms. The Morgan fingerprint density at radius 2 is 1.93 bits per heavy atom. The number of fused-ring (bicyclic) bond motifs is 1. The monoisotopic (exact) mass is 524 g/mol. The van der Waals surface area contributed by atoms with Gasteiger partial charge >= 0.3 is 0 Å². The maximum atomic E-state index is 6.19. The highest BCUT2D eigenvalue weighted by molar-refractivity contribution is 14.0. The Morgan fingerprint density at radius 1 is 1.20 bits per heavy atom. The number of hydrogen-bond acceptors (Lipinski definition) is 4. The van der Waals surface area contributed by atoms with Crippen LogP contribution in [0.15, 0.2) is 29.3 Å². The minimum atomic E-state index is -0.231. The van der Waals surface area contributed by atoms with Crippen LogP contribution < -0.4 is 15.4 Å². The van der Waals surface area contributed by atoms with Crippen LogP contribution in [0.4, 0.5) is 0 Å². The standard InChI is InChI=1S/C22H32N6O.HI/c1-15-26-27-20(28(15)4)14-23-21(24-16-9-5-6-10-16)25-18-13-22(2,3)29-19-12-8-7-11-17(18)19;/h7-8,11-12,16,18H,5-6,9-10,13-14H2,1-4H3,(H2,23,24,25);1H. The third kappa shape index (κ3) is 5.25. The Bertz CT molecular complexity index is 888. The van der Waals surface area contributed by atoms with Gasteiger partial charge in [0.05, 0.1) is 6.04 Å². The maximum Gasteiger partial charge on any atom is 0.192 e. The zero-order valence-electron chi connectivity index (χ0n) is 18.3. The number of benzene rings is 1. The molecule has 2 aromatic rings. The molecule has 1 saturated carbocycles. The summed E-state index contributed by atoms with van der Waals surface area (Å²) >= 11 is 0. The predicted molar refractivity (Wildman–Crippen MR) is 129 cm³/mol. The van der Waals surface area contributed by atoms with Crippen LogP contribution in [0.25, 0.3) is 0 Å². The summed E-state index contributed by atoms with van der Waals surface area (Å²) in [6.07, 6.45) is 5.82. The topological polar surface area (TPSA) is 76.4 Å². The fourth-order valence-electron chi connectivity index (χ4n) is 4.23. The summed E-state index contributed by atoms with van der Waals surface area (Å²) in [5.74, 6) is 3.55. The van der Waals surface area contributed by atoms with Gasteiger partial charge in [-0.05, 0) is 39.7 Å². The molecule has 0 spiro atoms. The van der Waals surface area contributed by atoms with Crippen molar-refractivity contribution in [2.24, 2.45) is 12.0 Å². The van der Waals surface area contributed by atoms with Crippen molar-refractivity contribution in [1.82, 2.24) is 25.4 Å². The first-order valence-corrected chi connectivity index (χ1v) is 10.6. The van der Waals surface area contributed by atoms with Crippen molar-refractivity contribution >= 4 is 29.9 Å². The first-order chi connectivity index (χ1) is 13.9. The number of nitrogens with zero attached hydrogens (tertiary/aromatic N) is 4. The van der Waals surface area contributed by atoms with Gasteiger partial charge in [0, 0.05) is 25.1 Å². The molecule has 7 nitrogen and oxygen atoms in total. The molecule has 1 unspecified atom stereocenters. The van der Waals surface area contributed by atoms with E-state index in [1.54, 1.807) is 0 Å². The lowest BCUT2D eigenvalue weighted by Gasteiger charge is -2.38. The molecule has 4 rings (SSSR count). The number of aliphatic imine (C=N–C) groups is 1. The summed E-state index contributed by atoms with van der Waals surface area (Å²) in [6.45, 7) is 6.73. The molecule has 0 bridgehead atoms. The van der Waals surface area contributed by atoms with Gasteiger partial charge in [-0.3, -0.25) is 0 Å². The summed E-state index contributed by atoms with van der Waals surface area (Å²) in [6, 6.07) is 8.91. The molecule has 164 valence electrons. The lowest BCUT2D eigenvalue weighted by molar-refractivity contribution is 0.0693. The number of aryl methyl sites for hydroxylation is 1. The molecule has 0 saturated heterocycles. The molecule has 2 heterocycles. The van der Waals surface area contributed by atoms with Crippen LogP contribution in [0.1, 0.15) is 69.2 Å². The van der Waals surface area contributed by atoms with Crippen LogP contribution >= 0.6 is 24.0 Å². The summed E-state index contributed by atoms with van der Waals surface area (Å²) < 4.78 is 8.18. The number of rotatable bonds is 4. The molecule has 2 aliphatic rings. The van der Waals surface area contributed by atoms with Gasteiger partial charge in [-0.25, -0.2) is 4.99 Å². The van der Waals surface area contributed by atoms with Crippen molar-refractivity contribution in [3.05, 3.63) is 41.5 Å². The first-order valence-electron chi connectivity index (χ1n) is 10.6. The highest BCUT2D eigenvalue weighted by Crippen LogP contribution is 2.39. The minimum absolute atomic E-state index is 0. The van der Waals surface area contributed by atoms with Crippen LogP contribution in [-0.2, 0) is 13.6 Å². The number of aromatic nitrogens is 3. The SMILES string of the molecule is Cc1nnc(CN=C(NC2CCCC2)NC2CC(C)(C)Oc3ccccc32)n1C.I. The summed E-state index contributed by atoms with van der Waals surface area (Å²) in [4.78, 5) is 4.88. The molecule has 0 radical (unpaired) electrons. The molecule has 1 aliphatic carbocycles. The van der Waals surface area contributed by atoms with Crippen molar-refractivity contribution in [2.45, 2.75) is 77.1 Å². The van der Waals surface area contributed by atoms with Gasteiger partial charge in [-0.15, -0.1) is 34.2 Å². The van der Waals surface area contributed by atoms with E-state index in [-0.39, 0.29) is 35.6 Å². The molecular weight excluding hydrogens is 491 g/mol. The van der Waals surface area contributed by atoms with Crippen LogP contribution in [0.3, 0.4) is 0 Å². The Balaban J connectivity index is 0.00000256. The van der Waals surface area contributed by atoms with Crippen LogP contribution in [0, 0.1) is 6.92 Å². The minimum Gasteiger partial charge on any atom is -0.487 e. The average molecular weight is 524 g/mol. The number of nitrogens with one attached hydrogen (secondary N) is 2. The number of ether oxygens (including phenoxy) is 1. The van der Waals surface area contributed by atoms with E-state index in [0.29, 0.717) is 12.6 Å². The third-order valence-electron chi connectivity index (χ3n) is 5.94. The molecule has 1 aromatic carbocycles. The molecule has 1 aromatic heterocycles. The molecule has 1 aliphatic heterocycles. The van der Waals surface area contributed by atoms with Gasteiger partial charge in [-0.1, -0.05) is 31.0 Å². The predicted octanol–water partition coefficient (Wildman–Crippen LogP) is 4.02. The highest BCUT2D eigenvalue weighted by atomic mass is 127. The lowest BCUT2D eigenvalue weighted by atomic mass is 9.90. The highest BCUT2D eigenvalue weighted by Gasteiger charge is 2.34. The second-order valence-corrected chi connectivity index (χ2v) is 8.81. The molecule has 1 fully saturated rings. The van der Waals surface area contributed by atoms with E-state index in [4.69, 9.17) is 9.73 Å². The Kier molecular flexibility index (Phi) is 7.26. The molecule has 30 heavy (non-hydrogen) atoms. The molecule has 2 N–H and O–H groups in total. The Labute approximate surface area is 196 Å². The van der Waals surface area contributed by atoms with Crippen LogP contribution in [0.2, 0.25) is 0 Å². The zero-order valence-corrected chi connectivity index (χ0v) is 20.6. The van der Waals surface area contributed by atoms with Crippen LogP contribution in [0.5, 0.6) is 5.75 Å². The van der Waals surface area contributed by atoms with Gasteiger partial charge in [0.2, 0.25) is 0 Å². The normalized spacial score (nSPS) is 20.8. The van der Waals surface area contributed by atoms with E-state index in [0.717, 1.165) is 29.8 Å². The number of hydrogen-bond donors (Lipinski definition) is 2. The summed E-state index contributed by atoms with van der Waals surface area (Å²) in [5, 5.41) is 15.8. The summed E-state index contributed by atoms with van der Waals surface area (Å²) in [7, 11) is 1.98. The quantitative estimate of drug-likeness (QED) is 0.359. The van der Waals surface area contributed by atoms with Gasteiger partial charge in [0.1, 0.15) is 23.7 Å². The van der Waals surface area contributed by atoms with Crippen LogP contribution in [-0.4, -0.2) is 32.4 Å². The summed E-state index contributed by atoms with van der Waals surface area (Å²) in [5.41, 5.74) is 0.952. The maximum absolute atomic E-state index is 6.19. The average Bonchev–Trinajstić information content (AvgIpc) is 3.30. The van der Waals surface area contributed by atoms with E-state index >= 15 is 0 Å². The van der Waals surface area contributed by atoms with E-state index in [2.05, 4.69) is 52.9 Å². The van der Waals surface area contributed by atoms with Crippen molar-refractivity contribution in [3.8, 4) is 5.75 Å². The number of halogens is 1. The molecular formula is C22H33IN6O. The van der Waals surface area contributed by atoms with E-state index in [1.165, 1.54) is 31.2 Å². The van der Waals surface area contributed by atoms with Crippen molar-refractivity contribution in [3.63, 3.8) is 0 Å². The van der Waals surface area contributed by atoms with E-state index in [1.807, 2.05) is 24.6 Å². The van der Waals surface area contributed by atoms with Gasteiger partial charge in [0.15, 0.2) is 11.8 Å². The van der Waals surface area contributed by atoms with Crippen molar-refractivity contribution < 1.29 is 4.74 Å². The first kappa shape index (κ1) is 22.8. The second kappa shape index (κ2) is 9.53. The van der Waals surface area contributed by atoms with Gasteiger partial charge in [0.25, 0.3) is 0 Å². The molecule has 0 amide bonds. The van der Waals surface area contributed by atoms with Crippen molar-refractivity contribution in [2.75, 3.05) is 0 Å². The van der Waals surface area contributed by atoms with Crippen molar-refractivity contribution in [1.29, 1.82) is 0 Å². The Hall–Kier alpha value is -1.84. The Morgan fingerprint density at radius 3 is 2.63 bits per heavy atom.